The maximum atomic E-state index is 14.1. The maximum Gasteiger partial charge on any atom is 0.256 e. The summed E-state index contributed by atoms with van der Waals surface area (Å²) in [5, 5.41) is 13.1. The van der Waals surface area contributed by atoms with E-state index in [1.807, 2.05) is 7.05 Å². The zero-order valence-electron chi connectivity index (χ0n) is 22.1. The molecule has 0 saturated carbocycles. The first-order valence-corrected chi connectivity index (χ1v) is 12.6. The van der Waals surface area contributed by atoms with Gasteiger partial charge >= 0.3 is 0 Å². The van der Waals surface area contributed by atoms with Crippen LogP contribution < -0.4 is 10.7 Å². The molecule has 1 aromatic carbocycles. The van der Waals surface area contributed by atoms with E-state index in [4.69, 9.17) is 0 Å². The summed E-state index contributed by atoms with van der Waals surface area (Å²) in [6.45, 7) is 6.92. The predicted molar refractivity (Wildman–Crippen MR) is 138 cm³/mol. The van der Waals surface area contributed by atoms with Crippen LogP contribution in [0.3, 0.4) is 0 Å². The van der Waals surface area contributed by atoms with Crippen LogP contribution in [-0.4, -0.2) is 52.4 Å². The minimum absolute atomic E-state index is 0.0237. The van der Waals surface area contributed by atoms with Crippen molar-refractivity contribution in [1.82, 2.24) is 14.8 Å². The molecule has 2 heterocycles. The number of rotatable bonds is 8. The average Bonchev–Trinajstić information content (AvgIpc) is 2.84. The van der Waals surface area contributed by atoms with E-state index in [0.29, 0.717) is 18.4 Å². The Labute approximate surface area is 216 Å². The van der Waals surface area contributed by atoms with Crippen molar-refractivity contribution in [2.45, 2.75) is 71.6 Å². The summed E-state index contributed by atoms with van der Waals surface area (Å²) in [5.41, 5.74) is -1.14. The number of amides is 1. The van der Waals surface area contributed by atoms with Crippen LogP contribution in [0.2, 0.25) is 0 Å². The van der Waals surface area contributed by atoms with Crippen LogP contribution in [0.25, 0.3) is 0 Å². The molecule has 0 aliphatic carbocycles. The molecule has 1 amide bonds. The molecule has 2 aromatic rings. The Kier molecular flexibility index (Phi) is 8.89. The number of carbonyl (C=O) groups is 2. The molecule has 0 unspecified atom stereocenters. The minimum atomic E-state index is -0.938. The number of likely N-dealkylation sites (N-methyl/N-ethyl adjacent to an activating group) is 1. The molecule has 1 aliphatic heterocycles. The Bertz CT molecular complexity index is 1210. The number of halogens is 2. The predicted octanol–water partition coefficient (Wildman–Crippen LogP) is 4.24. The van der Waals surface area contributed by atoms with Gasteiger partial charge in [0.1, 0.15) is 23.7 Å². The number of benzene rings is 1. The fraction of sp³-hybridized carbons (Fsp3) is 0.536. The lowest BCUT2D eigenvalue weighted by Gasteiger charge is -2.45. The Morgan fingerprint density at radius 3 is 2.57 bits per heavy atom. The molecule has 0 spiro atoms. The molecule has 2 N–H and O–H groups in total. The van der Waals surface area contributed by atoms with Crippen molar-refractivity contribution in [1.29, 1.82) is 0 Å². The molecule has 1 aromatic heterocycles. The van der Waals surface area contributed by atoms with Gasteiger partial charge < -0.3 is 15.0 Å². The van der Waals surface area contributed by atoms with E-state index >= 15 is 0 Å². The molecule has 1 aliphatic rings. The van der Waals surface area contributed by atoms with E-state index in [-0.39, 0.29) is 40.7 Å². The van der Waals surface area contributed by atoms with Gasteiger partial charge in [-0.05, 0) is 55.8 Å². The highest BCUT2D eigenvalue weighted by Crippen LogP contribution is 2.34. The summed E-state index contributed by atoms with van der Waals surface area (Å²) >= 11 is 0. The summed E-state index contributed by atoms with van der Waals surface area (Å²) in [6, 6.07) is 4.05. The Morgan fingerprint density at radius 2 is 1.92 bits per heavy atom. The Hall–Kier alpha value is -3.07. The van der Waals surface area contributed by atoms with Crippen molar-refractivity contribution in [3.63, 3.8) is 0 Å². The Balaban J connectivity index is 1.83. The average molecular weight is 518 g/mol. The lowest BCUT2D eigenvalue weighted by Crippen LogP contribution is -2.51. The highest BCUT2D eigenvalue weighted by Gasteiger charge is 2.36. The second-order valence-electron chi connectivity index (χ2n) is 11.1. The topological polar surface area (TPSA) is 91.6 Å². The number of alkyl halides is 1. The summed E-state index contributed by atoms with van der Waals surface area (Å²) < 4.78 is 28.3. The first kappa shape index (κ1) is 28.5. The second kappa shape index (κ2) is 11.5. The highest BCUT2D eigenvalue weighted by molar-refractivity contribution is 5.95. The molecule has 202 valence electrons. The van der Waals surface area contributed by atoms with Gasteiger partial charge in [-0.25, -0.2) is 8.78 Å². The second-order valence-corrected chi connectivity index (χ2v) is 11.1. The van der Waals surface area contributed by atoms with Crippen molar-refractivity contribution >= 4 is 12.2 Å². The number of carbonyl (C=O) groups excluding carboxylic acids is 2. The molecule has 7 nitrogen and oxygen atoms in total. The maximum absolute atomic E-state index is 14.1. The summed E-state index contributed by atoms with van der Waals surface area (Å²) in [4.78, 5) is 39.7. The molecule has 37 heavy (non-hydrogen) atoms. The molecule has 1 atom stereocenters. The number of hydrogen-bond donors (Lipinski definition) is 2. The summed E-state index contributed by atoms with van der Waals surface area (Å²) in [5.74, 6) is -2.07. The third kappa shape index (κ3) is 6.63. The smallest absolute Gasteiger partial charge is 0.256 e. The van der Waals surface area contributed by atoms with Crippen molar-refractivity contribution < 1.29 is 23.5 Å². The molecular weight excluding hydrogens is 480 g/mol. The summed E-state index contributed by atoms with van der Waals surface area (Å²) in [7, 11) is 2.03. The number of likely N-dealkylation sites (tertiary alicyclic amines) is 1. The molecule has 0 radical (unpaired) electrons. The SMILES string of the molecule is CN1CC(C)(C)CCCC[C@@]1(C)Cn1cc(C(=O)NCCc2ccc(CF)cc2F)c(=O)c(O)c1C=O. The highest BCUT2D eigenvalue weighted by atomic mass is 19.1. The molecule has 9 heteroatoms. The van der Waals surface area contributed by atoms with Crippen LogP contribution in [0.1, 0.15) is 78.4 Å². The number of nitrogens with one attached hydrogen (secondary N) is 1. The fourth-order valence-electron chi connectivity index (χ4n) is 5.14. The van der Waals surface area contributed by atoms with Gasteiger partial charge in [0.25, 0.3) is 5.91 Å². The van der Waals surface area contributed by atoms with Crippen LogP contribution in [0.4, 0.5) is 8.78 Å². The quantitative estimate of drug-likeness (QED) is 0.511. The molecule has 3 rings (SSSR count). The lowest BCUT2D eigenvalue weighted by atomic mass is 9.80. The van der Waals surface area contributed by atoms with E-state index in [9.17, 15) is 28.3 Å². The standard InChI is InChI=1S/C28H37F2N3O4/c1-27(2)10-5-6-11-28(3,32(4)17-27)18-33-15-21(24(35)25(36)23(33)16-34)26(37)31-12-9-20-8-7-19(14-29)13-22(20)30/h7-8,13,15-16,36H,5-6,9-12,14,17-18H2,1-4H3,(H,31,37)/t28-/m0/s1. The van der Waals surface area contributed by atoms with E-state index < -0.39 is 29.6 Å². The third-order valence-electron chi connectivity index (χ3n) is 7.52. The molecule has 1 saturated heterocycles. The number of aromatic nitrogens is 1. The number of hydrogen-bond acceptors (Lipinski definition) is 5. The Morgan fingerprint density at radius 1 is 1.22 bits per heavy atom. The fourth-order valence-corrected chi connectivity index (χ4v) is 5.14. The first-order valence-electron chi connectivity index (χ1n) is 12.6. The van der Waals surface area contributed by atoms with E-state index in [1.54, 1.807) is 0 Å². The van der Waals surface area contributed by atoms with Crippen LogP contribution in [0.5, 0.6) is 5.75 Å². The van der Waals surface area contributed by atoms with Crippen molar-refractivity contribution in [3.05, 3.63) is 62.8 Å². The zero-order chi connectivity index (χ0) is 27.4. The van der Waals surface area contributed by atoms with Gasteiger partial charge in [0.15, 0.2) is 12.0 Å². The van der Waals surface area contributed by atoms with Gasteiger partial charge in [-0.3, -0.25) is 19.3 Å². The van der Waals surface area contributed by atoms with E-state index in [1.165, 1.54) is 22.9 Å². The lowest BCUT2D eigenvalue weighted by molar-refractivity contribution is 0.0448. The van der Waals surface area contributed by atoms with Gasteiger partial charge in [-0.2, -0.15) is 0 Å². The summed E-state index contributed by atoms with van der Waals surface area (Å²) in [6.07, 6.45) is 5.91. The van der Waals surface area contributed by atoms with Gasteiger partial charge in [0, 0.05) is 31.4 Å². The molecular formula is C28H37F2N3O4. The van der Waals surface area contributed by atoms with E-state index in [2.05, 4.69) is 31.0 Å². The van der Waals surface area contributed by atoms with Crippen LogP contribution >= 0.6 is 0 Å². The zero-order valence-corrected chi connectivity index (χ0v) is 22.1. The van der Waals surface area contributed by atoms with Crippen LogP contribution in [0.15, 0.2) is 29.2 Å². The van der Waals surface area contributed by atoms with Crippen molar-refractivity contribution in [2.75, 3.05) is 20.1 Å². The number of aldehydes is 1. The monoisotopic (exact) mass is 517 g/mol. The number of nitrogens with zero attached hydrogens (tertiary/aromatic N) is 2. The van der Waals surface area contributed by atoms with Crippen molar-refractivity contribution in [2.24, 2.45) is 5.41 Å². The number of pyridine rings is 1. The van der Waals surface area contributed by atoms with Crippen molar-refractivity contribution in [3.8, 4) is 5.75 Å². The molecule has 0 bridgehead atoms. The molecule has 1 fully saturated rings. The van der Waals surface area contributed by atoms with Gasteiger partial charge in [0.05, 0.1) is 0 Å². The van der Waals surface area contributed by atoms with Crippen LogP contribution in [-0.2, 0) is 19.6 Å². The van der Waals surface area contributed by atoms with Gasteiger partial charge in [0.2, 0.25) is 5.43 Å². The minimum Gasteiger partial charge on any atom is -0.503 e. The van der Waals surface area contributed by atoms with Gasteiger partial charge in [-0.1, -0.05) is 38.8 Å². The third-order valence-corrected chi connectivity index (χ3v) is 7.52. The normalized spacial score (nSPS) is 20.2. The number of aromatic hydroxyl groups is 1. The first-order chi connectivity index (χ1) is 17.4. The van der Waals surface area contributed by atoms with Crippen LogP contribution in [0, 0.1) is 11.2 Å². The largest absolute Gasteiger partial charge is 0.503 e. The van der Waals surface area contributed by atoms with E-state index in [0.717, 1.165) is 38.3 Å². The van der Waals surface area contributed by atoms with Gasteiger partial charge in [-0.15, -0.1) is 0 Å².